The summed E-state index contributed by atoms with van der Waals surface area (Å²) in [5.74, 6) is -0.0479. The van der Waals surface area contributed by atoms with Crippen molar-refractivity contribution in [3.05, 3.63) is 54.6 Å². The monoisotopic (exact) mass is 429 g/mol. The van der Waals surface area contributed by atoms with Gasteiger partial charge in [0.05, 0.1) is 25.1 Å². The zero-order valence-electron chi connectivity index (χ0n) is 15.7. The molecule has 12 heteroatoms. The molecule has 0 aromatic carbocycles. The number of ether oxygens (including phenoxy) is 2. The highest BCUT2D eigenvalue weighted by Gasteiger charge is 2.37. The molecule has 31 heavy (non-hydrogen) atoms. The van der Waals surface area contributed by atoms with Crippen LogP contribution in [0.1, 0.15) is 5.56 Å². The molecule has 1 fully saturated rings. The lowest BCUT2D eigenvalue weighted by Gasteiger charge is -2.27. The predicted molar refractivity (Wildman–Crippen MR) is 102 cm³/mol. The zero-order chi connectivity index (χ0) is 21.4. The number of fused-ring (bicyclic) bond motifs is 1. The lowest BCUT2D eigenvalue weighted by molar-refractivity contribution is -0.142. The van der Waals surface area contributed by atoms with Crippen LogP contribution in [-0.4, -0.2) is 48.9 Å². The molecular formula is C19H14F3N7O2. The van der Waals surface area contributed by atoms with Crippen molar-refractivity contribution in [3.8, 4) is 17.3 Å². The molecule has 0 saturated carbocycles. The number of anilines is 2. The van der Waals surface area contributed by atoms with Crippen LogP contribution in [0.25, 0.3) is 17.0 Å². The number of nitrogens with one attached hydrogen (secondary N) is 1. The van der Waals surface area contributed by atoms with E-state index in [1.165, 1.54) is 6.20 Å². The zero-order valence-corrected chi connectivity index (χ0v) is 15.7. The van der Waals surface area contributed by atoms with Crippen LogP contribution in [0.2, 0.25) is 0 Å². The van der Waals surface area contributed by atoms with Crippen molar-refractivity contribution in [2.75, 3.05) is 18.5 Å². The van der Waals surface area contributed by atoms with Crippen LogP contribution in [0.4, 0.5) is 24.8 Å². The predicted octanol–water partition coefficient (Wildman–Crippen LogP) is 3.12. The molecule has 0 spiro atoms. The molecular weight excluding hydrogens is 415 g/mol. The minimum absolute atomic E-state index is 0.0618. The van der Waals surface area contributed by atoms with E-state index in [0.717, 1.165) is 0 Å². The van der Waals surface area contributed by atoms with Gasteiger partial charge in [-0.15, -0.1) is 10.2 Å². The third-order valence-electron chi connectivity index (χ3n) is 4.51. The summed E-state index contributed by atoms with van der Waals surface area (Å²) in [6.07, 6.45) is 0.483. The number of hydrogen-bond acceptors (Lipinski definition) is 8. The summed E-state index contributed by atoms with van der Waals surface area (Å²) in [6, 6.07) is 7.23. The van der Waals surface area contributed by atoms with Gasteiger partial charge in [0.1, 0.15) is 11.7 Å². The van der Waals surface area contributed by atoms with E-state index in [-0.39, 0.29) is 19.2 Å². The Morgan fingerprint density at radius 1 is 1.13 bits per heavy atom. The standard InChI is InChI=1S/C19H14F3N7O2/c20-19(21,22)14-8-24-18(26-17(14)31-13-9-30-10-13)25-12-5-11(6-23-7-12)16-28-27-15-3-1-2-4-29(15)16/h1-8,13H,9-10H2,(H,24,25,26). The number of rotatable bonds is 5. The Morgan fingerprint density at radius 2 is 2.00 bits per heavy atom. The van der Waals surface area contributed by atoms with Crippen molar-refractivity contribution >= 4 is 17.3 Å². The maximum Gasteiger partial charge on any atom is 0.423 e. The van der Waals surface area contributed by atoms with Crippen LogP contribution >= 0.6 is 0 Å². The number of nitrogens with zero attached hydrogens (tertiary/aromatic N) is 6. The Bertz CT molecular complexity index is 1240. The molecule has 0 amide bonds. The lowest BCUT2D eigenvalue weighted by Crippen LogP contribution is -2.39. The molecule has 4 aromatic rings. The minimum Gasteiger partial charge on any atom is -0.469 e. The second-order valence-electron chi connectivity index (χ2n) is 6.73. The van der Waals surface area contributed by atoms with Crippen LogP contribution in [0.3, 0.4) is 0 Å². The van der Waals surface area contributed by atoms with Crippen LogP contribution < -0.4 is 10.1 Å². The van der Waals surface area contributed by atoms with E-state index in [4.69, 9.17) is 9.47 Å². The largest absolute Gasteiger partial charge is 0.469 e. The molecule has 1 saturated heterocycles. The Morgan fingerprint density at radius 3 is 2.77 bits per heavy atom. The fraction of sp³-hybridized carbons (Fsp3) is 0.211. The average molecular weight is 429 g/mol. The van der Waals surface area contributed by atoms with E-state index in [9.17, 15) is 13.2 Å². The summed E-state index contributed by atoms with van der Waals surface area (Å²) in [5.41, 5.74) is 0.733. The Hall–Kier alpha value is -3.80. The number of aromatic nitrogens is 6. The van der Waals surface area contributed by atoms with Crippen molar-refractivity contribution in [2.45, 2.75) is 12.3 Å². The van der Waals surface area contributed by atoms with Crippen LogP contribution in [-0.2, 0) is 10.9 Å². The summed E-state index contributed by atoms with van der Waals surface area (Å²) in [7, 11) is 0. The second kappa shape index (κ2) is 7.47. The van der Waals surface area contributed by atoms with Gasteiger partial charge in [-0.1, -0.05) is 6.07 Å². The first-order valence-corrected chi connectivity index (χ1v) is 9.18. The van der Waals surface area contributed by atoms with Gasteiger partial charge in [-0.2, -0.15) is 18.2 Å². The lowest BCUT2D eigenvalue weighted by atomic mass is 10.2. The number of hydrogen-bond donors (Lipinski definition) is 1. The van der Waals surface area contributed by atoms with Gasteiger partial charge in [0.2, 0.25) is 11.8 Å². The van der Waals surface area contributed by atoms with Gasteiger partial charge in [-0.3, -0.25) is 9.38 Å². The van der Waals surface area contributed by atoms with Gasteiger partial charge in [-0.25, -0.2) is 4.98 Å². The summed E-state index contributed by atoms with van der Waals surface area (Å²) < 4.78 is 51.9. The van der Waals surface area contributed by atoms with E-state index in [0.29, 0.717) is 28.9 Å². The maximum absolute atomic E-state index is 13.3. The first-order chi connectivity index (χ1) is 15.0. The van der Waals surface area contributed by atoms with Gasteiger partial charge in [0.25, 0.3) is 0 Å². The third-order valence-corrected chi connectivity index (χ3v) is 4.51. The molecule has 5 rings (SSSR count). The van der Waals surface area contributed by atoms with Crippen molar-refractivity contribution in [1.29, 1.82) is 0 Å². The molecule has 9 nitrogen and oxygen atoms in total. The van der Waals surface area contributed by atoms with Gasteiger partial charge < -0.3 is 14.8 Å². The van der Waals surface area contributed by atoms with Crippen LogP contribution in [0.5, 0.6) is 5.88 Å². The summed E-state index contributed by atoms with van der Waals surface area (Å²) in [4.78, 5) is 11.9. The maximum atomic E-state index is 13.3. The fourth-order valence-electron chi connectivity index (χ4n) is 2.95. The van der Waals surface area contributed by atoms with E-state index in [2.05, 4.69) is 30.5 Å². The van der Waals surface area contributed by atoms with Crippen LogP contribution in [0.15, 0.2) is 49.1 Å². The number of pyridine rings is 2. The summed E-state index contributed by atoms with van der Waals surface area (Å²) >= 11 is 0. The quantitative estimate of drug-likeness (QED) is 0.517. The number of alkyl halides is 3. The molecule has 0 atom stereocenters. The molecule has 0 aliphatic carbocycles. The SMILES string of the molecule is FC(F)(F)c1cnc(Nc2cncc(-c3nnc4ccccn34)c2)nc1OC1COC1. The molecule has 158 valence electrons. The van der Waals surface area contributed by atoms with E-state index >= 15 is 0 Å². The molecule has 1 aliphatic heterocycles. The molecule has 0 bridgehead atoms. The fourth-order valence-corrected chi connectivity index (χ4v) is 2.95. The van der Waals surface area contributed by atoms with Crippen molar-refractivity contribution in [3.63, 3.8) is 0 Å². The molecule has 1 N–H and O–H groups in total. The molecule has 5 heterocycles. The van der Waals surface area contributed by atoms with Crippen LogP contribution in [0, 0.1) is 0 Å². The van der Waals surface area contributed by atoms with E-state index in [1.54, 1.807) is 16.7 Å². The molecule has 0 unspecified atom stereocenters. The first-order valence-electron chi connectivity index (χ1n) is 9.18. The smallest absolute Gasteiger partial charge is 0.423 e. The highest BCUT2D eigenvalue weighted by Crippen LogP contribution is 2.36. The van der Waals surface area contributed by atoms with Gasteiger partial charge in [-0.05, 0) is 18.2 Å². The van der Waals surface area contributed by atoms with Gasteiger partial charge in [0.15, 0.2) is 11.5 Å². The highest BCUT2D eigenvalue weighted by molar-refractivity contribution is 5.65. The van der Waals surface area contributed by atoms with Gasteiger partial charge >= 0.3 is 6.18 Å². The van der Waals surface area contributed by atoms with Gasteiger partial charge in [0, 0.05) is 24.2 Å². The Kier molecular flexibility index (Phi) is 4.62. The Labute approximate surface area is 172 Å². The van der Waals surface area contributed by atoms with Crippen molar-refractivity contribution < 1.29 is 22.6 Å². The summed E-state index contributed by atoms with van der Waals surface area (Å²) in [6.45, 7) is 0.421. The Balaban J connectivity index is 1.44. The number of halogens is 3. The van der Waals surface area contributed by atoms with Crippen molar-refractivity contribution in [1.82, 2.24) is 29.5 Å². The normalized spacial score (nSPS) is 14.4. The minimum atomic E-state index is -4.64. The van der Waals surface area contributed by atoms with E-state index in [1.807, 2.05) is 24.4 Å². The molecule has 0 radical (unpaired) electrons. The average Bonchev–Trinajstić information content (AvgIpc) is 3.14. The topological polar surface area (TPSA) is 99.4 Å². The molecule has 4 aromatic heterocycles. The van der Waals surface area contributed by atoms with E-state index < -0.39 is 23.7 Å². The third kappa shape index (κ3) is 3.84. The summed E-state index contributed by atoms with van der Waals surface area (Å²) in [5, 5.41) is 11.1. The molecule has 1 aliphatic rings. The van der Waals surface area contributed by atoms with Crippen molar-refractivity contribution in [2.24, 2.45) is 0 Å². The first kappa shape index (κ1) is 19.2. The second-order valence-corrected chi connectivity index (χ2v) is 6.73. The highest BCUT2D eigenvalue weighted by atomic mass is 19.4.